The number of aromatic nitrogens is 1. The van der Waals surface area contributed by atoms with E-state index in [-0.39, 0.29) is 0 Å². The molecule has 0 atom stereocenters. The number of H-pyrrole nitrogens is 1. The standard InChI is InChI=1S/C17H12ClNO3/c1-22-11-7-5-10(6-8-11)12-9-13-14(18)3-2-4-15(13)19-17(21)16(12)20/h2-9H,1H3,(H,19,20,21). The summed E-state index contributed by atoms with van der Waals surface area (Å²) in [6, 6.07) is 13.7. The van der Waals surface area contributed by atoms with Crippen molar-refractivity contribution in [1.29, 1.82) is 0 Å². The summed E-state index contributed by atoms with van der Waals surface area (Å²) in [5.74, 6) is 0.674. The molecule has 0 aliphatic carbocycles. The fourth-order valence-electron chi connectivity index (χ4n) is 2.29. The van der Waals surface area contributed by atoms with Gasteiger partial charge in [0, 0.05) is 21.5 Å². The number of halogens is 1. The van der Waals surface area contributed by atoms with E-state index in [9.17, 15) is 9.59 Å². The second kappa shape index (κ2) is 5.66. The third kappa shape index (κ3) is 2.49. The number of fused-ring (bicyclic) bond motifs is 1. The zero-order chi connectivity index (χ0) is 15.7. The summed E-state index contributed by atoms with van der Waals surface area (Å²) >= 11 is 6.18. The Hall–Kier alpha value is -2.59. The van der Waals surface area contributed by atoms with Gasteiger partial charge in [0.05, 0.1) is 7.11 Å². The highest BCUT2D eigenvalue weighted by atomic mass is 35.5. The first kappa shape index (κ1) is 14.4. The average molecular weight is 314 g/mol. The van der Waals surface area contributed by atoms with E-state index in [0.717, 1.165) is 0 Å². The zero-order valence-corrected chi connectivity index (χ0v) is 12.5. The lowest BCUT2D eigenvalue weighted by atomic mass is 10.1. The molecule has 0 bridgehead atoms. The van der Waals surface area contributed by atoms with Gasteiger partial charge in [-0.15, -0.1) is 0 Å². The van der Waals surface area contributed by atoms with Gasteiger partial charge in [-0.25, -0.2) is 0 Å². The maximum absolute atomic E-state index is 12.3. The highest BCUT2D eigenvalue weighted by Crippen LogP contribution is 2.25. The molecule has 0 aliphatic rings. The lowest BCUT2D eigenvalue weighted by molar-refractivity contribution is 0.415. The van der Waals surface area contributed by atoms with Crippen LogP contribution in [0.5, 0.6) is 5.75 Å². The fraction of sp³-hybridized carbons (Fsp3) is 0.0588. The normalized spacial score (nSPS) is 10.6. The van der Waals surface area contributed by atoms with Crippen molar-refractivity contribution in [3.63, 3.8) is 0 Å². The van der Waals surface area contributed by atoms with E-state index in [0.29, 0.717) is 32.8 Å². The Labute approximate surface area is 131 Å². The second-order valence-corrected chi connectivity index (χ2v) is 5.18. The van der Waals surface area contributed by atoms with E-state index < -0.39 is 11.0 Å². The maximum Gasteiger partial charge on any atom is 0.296 e. The first-order chi connectivity index (χ1) is 10.6. The van der Waals surface area contributed by atoms with Crippen LogP contribution in [-0.2, 0) is 0 Å². The molecule has 0 aliphatic heterocycles. The Bertz CT molecular complexity index is 962. The summed E-state index contributed by atoms with van der Waals surface area (Å²) in [6.45, 7) is 0. The molecule has 110 valence electrons. The SMILES string of the molecule is COc1ccc(-c2cc3c(Cl)cccc3[nH]c(=O)c2=O)cc1. The first-order valence-electron chi connectivity index (χ1n) is 6.60. The second-order valence-electron chi connectivity index (χ2n) is 4.77. The molecule has 0 saturated heterocycles. The number of rotatable bonds is 2. The third-order valence-corrected chi connectivity index (χ3v) is 3.77. The number of nitrogens with one attached hydrogen (secondary N) is 1. The van der Waals surface area contributed by atoms with Crippen LogP contribution >= 0.6 is 11.6 Å². The molecule has 0 amide bonds. The Kier molecular flexibility index (Phi) is 3.69. The number of benzene rings is 2. The number of methoxy groups -OCH3 is 1. The van der Waals surface area contributed by atoms with Crippen molar-refractivity contribution in [2.75, 3.05) is 7.11 Å². The molecular formula is C17H12ClNO3. The maximum atomic E-state index is 12.3. The summed E-state index contributed by atoms with van der Waals surface area (Å²) in [5.41, 5.74) is 0.176. The molecule has 5 heteroatoms. The highest BCUT2D eigenvalue weighted by Gasteiger charge is 2.09. The minimum Gasteiger partial charge on any atom is -0.497 e. The third-order valence-electron chi connectivity index (χ3n) is 3.44. The van der Waals surface area contributed by atoms with E-state index in [4.69, 9.17) is 16.3 Å². The summed E-state index contributed by atoms with van der Waals surface area (Å²) < 4.78 is 5.10. The van der Waals surface area contributed by atoms with Crippen molar-refractivity contribution in [3.05, 3.63) is 74.1 Å². The molecule has 0 saturated carbocycles. The van der Waals surface area contributed by atoms with Crippen LogP contribution < -0.4 is 15.7 Å². The number of hydrogen-bond donors (Lipinski definition) is 1. The molecule has 0 unspecified atom stereocenters. The number of ether oxygens (including phenoxy) is 1. The fourth-order valence-corrected chi connectivity index (χ4v) is 2.52. The molecule has 4 nitrogen and oxygen atoms in total. The van der Waals surface area contributed by atoms with Crippen LogP contribution in [0.1, 0.15) is 0 Å². The van der Waals surface area contributed by atoms with Crippen molar-refractivity contribution >= 4 is 22.5 Å². The molecule has 1 aromatic heterocycles. The van der Waals surface area contributed by atoms with Crippen LogP contribution in [0.25, 0.3) is 22.0 Å². The summed E-state index contributed by atoms with van der Waals surface area (Å²) in [4.78, 5) is 26.9. The van der Waals surface area contributed by atoms with Crippen LogP contribution in [0, 0.1) is 0 Å². The minimum atomic E-state index is -0.678. The summed E-state index contributed by atoms with van der Waals surface area (Å²) in [6.07, 6.45) is 0. The minimum absolute atomic E-state index is 0.298. The van der Waals surface area contributed by atoms with E-state index in [1.54, 1.807) is 55.6 Å². The zero-order valence-electron chi connectivity index (χ0n) is 11.7. The summed E-state index contributed by atoms with van der Waals surface area (Å²) in [5, 5.41) is 1.09. The molecular weight excluding hydrogens is 302 g/mol. The number of hydrogen-bond acceptors (Lipinski definition) is 3. The van der Waals surface area contributed by atoms with Crippen LogP contribution in [0.4, 0.5) is 0 Å². The quantitative estimate of drug-likeness (QED) is 0.739. The molecule has 1 N–H and O–H groups in total. The van der Waals surface area contributed by atoms with Gasteiger partial charge in [-0.3, -0.25) is 9.59 Å². The predicted molar refractivity (Wildman–Crippen MR) is 87.8 cm³/mol. The highest BCUT2D eigenvalue weighted by molar-refractivity contribution is 6.35. The van der Waals surface area contributed by atoms with Crippen LogP contribution in [0.2, 0.25) is 5.02 Å². The average Bonchev–Trinajstić information content (AvgIpc) is 2.66. The lowest BCUT2D eigenvalue weighted by Crippen LogP contribution is -2.24. The molecule has 0 fully saturated rings. The molecule has 0 radical (unpaired) electrons. The summed E-state index contributed by atoms with van der Waals surface area (Å²) in [7, 11) is 1.56. The number of aromatic amines is 1. The predicted octanol–water partition coefficient (Wildman–Crippen LogP) is 3.22. The van der Waals surface area contributed by atoms with Gasteiger partial charge < -0.3 is 9.72 Å². The van der Waals surface area contributed by atoms with Gasteiger partial charge >= 0.3 is 0 Å². The van der Waals surface area contributed by atoms with Gasteiger partial charge in [0.25, 0.3) is 11.0 Å². The van der Waals surface area contributed by atoms with Crippen LogP contribution in [0.15, 0.2) is 58.1 Å². The van der Waals surface area contributed by atoms with Crippen molar-refractivity contribution in [2.24, 2.45) is 0 Å². The van der Waals surface area contributed by atoms with E-state index >= 15 is 0 Å². The molecule has 3 rings (SSSR count). The van der Waals surface area contributed by atoms with Gasteiger partial charge in [0.15, 0.2) is 0 Å². The largest absolute Gasteiger partial charge is 0.497 e. The smallest absolute Gasteiger partial charge is 0.296 e. The van der Waals surface area contributed by atoms with Gasteiger partial charge in [-0.05, 0) is 35.9 Å². The van der Waals surface area contributed by atoms with E-state index in [2.05, 4.69) is 4.98 Å². The van der Waals surface area contributed by atoms with Crippen LogP contribution in [0.3, 0.4) is 0 Å². The van der Waals surface area contributed by atoms with Crippen molar-refractivity contribution in [1.82, 2.24) is 4.98 Å². The molecule has 22 heavy (non-hydrogen) atoms. The Morgan fingerprint density at radius 2 is 1.77 bits per heavy atom. The van der Waals surface area contributed by atoms with Crippen molar-refractivity contribution in [3.8, 4) is 16.9 Å². The molecule has 2 aromatic carbocycles. The van der Waals surface area contributed by atoms with E-state index in [1.807, 2.05) is 0 Å². The lowest BCUT2D eigenvalue weighted by Gasteiger charge is -2.02. The Morgan fingerprint density at radius 1 is 1.05 bits per heavy atom. The van der Waals surface area contributed by atoms with Gasteiger partial charge in [0.1, 0.15) is 5.75 Å². The van der Waals surface area contributed by atoms with Gasteiger partial charge in [0.2, 0.25) is 0 Å². The van der Waals surface area contributed by atoms with E-state index in [1.165, 1.54) is 0 Å². The van der Waals surface area contributed by atoms with Crippen molar-refractivity contribution < 1.29 is 4.74 Å². The molecule has 3 aromatic rings. The monoisotopic (exact) mass is 313 g/mol. The topological polar surface area (TPSA) is 59.2 Å². The van der Waals surface area contributed by atoms with Gasteiger partial charge in [-0.2, -0.15) is 0 Å². The first-order valence-corrected chi connectivity index (χ1v) is 6.98. The van der Waals surface area contributed by atoms with Crippen LogP contribution in [-0.4, -0.2) is 12.1 Å². The Balaban J connectivity index is 2.37. The Morgan fingerprint density at radius 3 is 2.45 bits per heavy atom. The molecule has 1 heterocycles. The van der Waals surface area contributed by atoms with Crippen molar-refractivity contribution in [2.45, 2.75) is 0 Å². The molecule has 0 spiro atoms. The van der Waals surface area contributed by atoms with Gasteiger partial charge in [-0.1, -0.05) is 29.8 Å².